The number of likely N-dealkylation sites (tertiary alicyclic amines) is 1. The van der Waals surface area contributed by atoms with E-state index in [0.29, 0.717) is 30.5 Å². The molecule has 0 saturated carbocycles. The van der Waals surface area contributed by atoms with E-state index >= 15 is 0 Å². The average molecular weight is 412 g/mol. The molecule has 7 heteroatoms. The molecule has 1 heterocycles. The average Bonchev–Trinajstić information content (AvgIpc) is 2.97. The Morgan fingerprint density at radius 3 is 2.33 bits per heavy atom. The Balaban J connectivity index is 1.82. The maximum absolute atomic E-state index is 13.1. The molecular weight excluding hydrogens is 384 g/mol. The summed E-state index contributed by atoms with van der Waals surface area (Å²) in [7, 11) is 0. The topological polar surface area (TPSA) is 92.8 Å². The number of hydrogen-bond donors (Lipinski definition) is 1. The molecule has 3 atom stereocenters. The predicted octanol–water partition coefficient (Wildman–Crippen LogP) is 3.17. The number of ether oxygens (including phenoxy) is 1. The second-order valence-electron chi connectivity index (χ2n) is 8.14. The van der Waals surface area contributed by atoms with Crippen molar-refractivity contribution in [3.63, 3.8) is 0 Å². The van der Waals surface area contributed by atoms with E-state index in [9.17, 15) is 19.2 Å². The van der Waals surface area contributed by atoms with Gasteiger partial charge >= 0.3 is 5.97 Å². The number of fused-ring (bicyclic) bond motifs is 1. The predicted molar refractivity (Wildman–Crippen MR) is 111 cm³/mol. The molecule has 3 rings (SSSR count). The summed E-state index contributed by atoms with van der Waals surface area (Å²) in [5.41, 5.74) is 0.734. The Hall–Kier alpha value is -2.96. The molecule has 1 fully saturated rings. The van der Waals surface area contributed by atoms with E-state index in [4.69, 9.17) is 4.74 Å². The maximum Gasteiger partial charge on any atom is 0.338 e. The third kappa shape index (κ3) is 4.45. The summed E-state index contributed by atoms with van der Waals surface area (Å²) in [6.07, 6.45) is 5.28. The summed E-state index contributed by atoms with van der Waals surface area (Å²) in [5, 5.41) is 2.78. The summed E-state index contributed by atoms with van der Waals surface area (Å²) in [4.78, 5) is 52.2. The highest BCUT2D eigenvalue weighted by atomic mass is 16.5. The molecule has 0 spiro atoms. The lowest BCUT2D eigenvalue weighted by Gasteiger charge is -2.27. The van der Waals surface area contributed by atoms with Gasteiger partial charge in [0.2, 0.25) is 17.7 Å². The fourth-order valence-corrected chi connectivity index (χ4v) is 4.07. The van der Waals surface area contributed by atoms with E-state index in [1.54, 1.807) is 25.1 Å². The van der Waals surface area contributed by atoms with Gasteiger partial charge in [-0.1, -0.05) is 32.1 Å². The normalized spacial score (nSPS) is 21.5. The fourth-order valence-electron chi connectivity index (χ4n) is 4.07. The van der Waals surface area contributed by atoms with Crippen molar-refractivity contribution in [2.45, 2.75) is 46.1 Å². The van der Waals surface area contributed by atoms with E-state index in [2.05, 4.69) is 5.32 Å². The molecule has 0 bridgehead atoms. The molecule has 1 aliphatic heterocycles. The number of nitrogens with one attached hydrogen (secondary N) is 1. The van der Waals surface area contributed by atoms with Gasteiger partial charge in [-0.15, -0.1) is 0 Å². The van der Waals surface area contributed by atoms with Crippen molar-refractivity contribution in [2.24, 2.45) is 17.8 Å². The van der Waals surface area contributed by atoms with Gasteiger partial charge in [0.05, 0.1) is 24.0 Å². The number of imide groups is 1. The first-order valence-corrected chi connectivity index (χ1v) is 10.4. The van der Waals surface area contributed by atoms with E-state index in [-0.39, 0.29) is 36.2 Å². The van der Waals surface area contributed by atoms with Gasteiger partial charge in [-0.05, 0) is 50.3 Å². The van der Waals surface area contributed by atoms with Crippen LogP contribution in [0.4, 0.5) is 5.69 Å². The van der Waals surface area contributed by atoms with Crippen LogP contribution in [-0.4, -0.2) is 41.2 Å². The van der Waals surface area contributed by atoms with Crippen LogP contribution in [0.3, 0.4) is 0 Å². The molecule has 7 nitrogen and oxygen atoms in total. The number of esters is 1. The minimum Gasteiger partial charge on any atom is -0.462 e. The molecular formula is C23H28N2O5. The molecule has 2 aliphatic rings. The summed E-state index contributed by atoms with van der Waals surface area (Å²) >= 11 is 0. The molecule has 30 heavy (non-hydrogen) atoms. The summed E-state index contributed by atoms with van der Waals surface area (Å²) in [6, 6.07) is 5.54. The van der Waals surface area contributed by atoms with Gasteiger partial charge < -0.3 is 10.1 Å². The van der Waals surface area contributed by atoms with Crippen LogP contribution < -0.4 is 5.32 Å². The molecule has 160 valence electrons. The number of allylic oxidation sites excluding steroid dienone is 2. The van der Waals surface area contributed by atoms with Crippen molar-refractivity contribution in [1.82, 2.24) is 4.90 Å². The number of carbonyl (C=O) groups is 4. The Labute approximate surface area is 176 Å². The van der Waals surface area contributed by atoms with Crippen molar-refractivity contribution < 1.29 is 23.9 Å². The number of benzene rings is 1. The molecule has 0 radical (unpaired) electrons. The fraction of sp³-hybridized carbons (Fsp3) is 0.478. The van der Waals surface area contributed by atoms with E-state index in [1.807, 2.05) is 26.0 Å². The number of amides is 3. The highest BCUT2D eigenvalue weighted by Gasteiger charge is 2.51. The molecule has 3 unspecified atom stereocenters. The smallest absolute Gasteiger partial charge is 0.338 e. The SMILES string of the molecule is CCOC(=O)c1cccc(NC(=O)C(CC(C)C)N2C(=O)C3CC=CCC3C2=O)c1. The van der Waals surface area contributed by atoms with E-state index in [1.165, 1.54) is 11.0 Å². The van der Waals surface area contributed by atoms with Crippen LogP contribution in [0.25, 0.3) is 0 Å². The van der Waals surface area contributed by atoms with Gasteiger partial charge in [-0.2, -0.15) is 0 Å². The van der Waals surface area contributed by atoms with Gasteiger partial charge in [-0.25, -0.2) is 4.79 Å². The number of nitrogens with zero attached hydrogens (tertiary/aromatic N) is 1. The Bertz CT molecular complexity index is 850. The number of rotatable bonds is 7. The zero-order valence-electron chi connectivity index (χ0n) is 17.6. The van der Waals surface area contributed by atoms with Gasteiger partial charge in [0.15, 0.2) is 0 Å². The number of anilines is 1. The lowest BCUT2D eigenvalue weighted by Crippen LogP contribution is -2.48. The highest BCUT2D eigenvalue weighted by molar-refractivity contribution is 6.10. The van der Waals surface area contributed by atoms with Crippen molar-refractivity contribution in [2.75, 3.05) is 11.9 Å². The number of hydrogen-bond acceptors (Lipinski definition) is 5. The lowest BCUT2D eigenvalue weighted by atomic mass is 9.85. The second-order valence-corrected chi connectivity index (χ2v) is 8.14. The Morgan fingerprint density at radius 1 is 1.13 bits per heavy atom. The minimum atomic E-state index is -0.887. The first kappa shape index (κ1) is 21.7. The molecule has 0 aromatic heterocycles. The van der Waals surface area contributed by atoms with Crippen molar-refractivity contribution in [1.29, 1.82) is 0 Å². The van der Waals surface area contributed by atoms with Crippen molar-refractivity contribution >= 4 is 29.4 Å². The van der Waals surface area contributed by atoms with Crippen molar-refractivity contribution in [3.05, 3.63) is 42.0 Å². The summed E-state index contributed by atoms with van der Waals surface area (Å²) < 4.78 is 5.00. The van der Waals surface area contributed by atoms with Crippen LogP contribution >= 0.6 is 0 Å². The second kappa shape index (κ2) is 9.24. The third-order valence-electron chi connectivity index (χ3n) is 5.49. The van der Waals surface area contributed by atoms with Gasteiger partial charge in [0, 0.05) is 5.69 Å². The lowest BCUT2D eigenvalue weighted by molar-refractivity contribution is -0.147. The van der Waals surface area contributed by atoms with Gasteiger partial charge in [0.25, 0.3) is 0 Å². The molecule has 3 amide bonds. The van der Waals surface area contributed by atoms with Crippen LogP contribution in [0.15, 0.2) is 36.4 Å². The quantitative estimate of drug-likeness (QED) is 0.422. The molecule has 1 aliphatic carbocycles. The molecule has 1 aromatic carbocycles. The standard InChI is InChI=1S/C23H28N2O5/c1-4-30-23(29)15-8-7-9-16(13-15)24-20(26)19(12-14(2)3)25-21(27)17-10-5-6-11-18(17)22(25)28/h5-9,13-14,17-19H,4,10-12H2,1-3H3,(H,24,26). The Kier molecular flexibility index (Phi) is 6.70. The van der Waals surface area contributed by atoms with Gasteiger partial charge in [-0.3, -0.25) is 19.3 Å². The Morgan fingerprint density at radius 2 is 1.77 bits per heavy atom. The van der Waals surface area contributed by atoms with Crippen LogP contribution in [0, 0.1) is 17.8 Å². The van der Waals surface area contributed by atoms with Crippen LogP contribution in [0.1, 0.15) is 50.4 Å². The zero-order chi connectivity index (χ0) is 21.8. The largest absolute Gasteiger partial charge is 0.462 e. The van der Waals surface area contributed by atoms with Gasteiger partial charge in [0.1, 0.15) is 6.04 Å². The molecule has 1 aromatic rings. The summed E-state index contributed by atoms with van der Waals surface area (Å²) in [5.74, 6) is -2.10. The van der Waals surface area contributed by atoms with Crippen LogP contribution in [0.2, 0.25) is 0 Å². The third-order valence-corrected chi connectivity index (χ3v) is 5.49. The van der Waals surface area contributed by atoms with E-state index in [0.717, 1.165) is 0 Å². The van der Waals surface area contributed by atoms with Crippen LogP contribution in [0.5, 0.6) is 0 Å². The molecule has 1 saturated heterocycles. The van der Waals surface area contributed by atoms with E-state index < -0.39 is 17.9 Å². The highest BCUT2D eigenvalue weighted by Crippen LogP contribution is 2.37. The van der Waals surface area contributed by atoms with Crippen molar-refractivity contribution in [3.8, 4) is 0 Å². The van der Waals surface area contributed by atoms with Crippen LogP contribution in [-0.2, 0) is 19.1 Å². The minimum absolute atomic E-state index is 0.105. The monoisotopic (exact) mass is 412 g/mol. The number of carbonyl (C=O) groups excluding carboxylic acids is 4. The first-order chi connectivity index (χ1) is 14.3. The maximum atomic E-state index is 13.1. The molecule has 1 N–H and O–H groups in total. The zero-order valence-corrected chi connectivity index (χ0v) is 17.6. The summed E-state index contributed by atoms with van der Waals surface area (Å²) in [6.45, 7) is 5.86. The first-order valence-electron chi connectivity index (χ1n) is 10.4.